The van der Waals surface area contributed by atoms with Crippen LogP contribution in [0.5, 0.6) is 5.75 Å². The van der Waals surface area contributed by atoms with E-state index >= 15 is 0 Å². The topological polar surface area (TPSA) is 38.3 Å². The van der Waals surface area contributed by atoms with Gasteiger partial charge in [-0.3, -0.25) is 4.79 Å². The molecule has 0 saturated carbocycles. The van der Waals surface area contributed by atoms with E-state index in [2.05, 4.69) is 5.32 Å². The first-order valence-electron chi connectivity index (χ1n) is 6.45. The summed E-state index contributed by atoms with van der Waals surface area (Å²) in [7, 11) is 0. The summed E-state index contributed by atoms with van der Waals surface area (Å²) in [5.74, 6) is -0.235. The van der Waals surface area contributed by atoms with Gasteiger partial charge in [0.2, 0.25) is 0 Å². The number of aryl methyl sites for hydroxylation is 1. The molecular weight excluding hydrogens is 293 g/mol. The summed E-state index contributed by atoms with van der Waals surface area (Å²) >= 11 is 6.02. The molecule has 0 saturated heterocycles. The monoisotopic (exact) mass is 307 g/mol. The maximum atomic E-state index is 12.8. The van der Waals surface area contributed by atoms with Gasteiger partial charge in [0.05, 0.1) is 5.02 Å². The van der Waals surface area contributed by atoms with Gasteiger partial charge in [-0.2, -0.15) is 0 Å². The Balaban J connectivity index is 2.02. The molecule has 3 nitrogen and oxygen atoms in total. The third-order valence-electron chi connectivity index (χ3n) is 2.87. The number of amides is 1. The lowest BCUT2D eigenvalue weighted by atomic mass is 10.2. The van der Waals surface area contributed by atoms with E-state index in [1.54, 1.807) is 19.1 Å². The normalized spacial score (nSPS) is 11.8. The van der Waals surface area contributed by atoms with Crippen LogP contribution in [0.15, 0.2) is 42.5 Å². The minimum atomic E-state index is -0.727. The highest BCUT2D eigenvalue weighted by atomic mass is 35.5. The van der Waals surface area contributed by atoms with E-state index in [-0.39, 0.29) is 11.7 Å². The highest BCUT2D eigenvalue weighted by molar-refractivity contribution is 6.32. The Morgan fingerprint density at radius 3 is 2.57 bits per heavy atom. The van der Waals surface area contributed by atoms with E-state index < -0.39 is 6.10 Å². The fourth-order valence-electron chi connectivity index (χ4n) is 1.72. The number of carbonyl (C=O) groups excluding carboxylic acids is 1. The lowest BCUT2D eigenvalue weighted by Gasteiger charge is -2.16. The molecular formula is C16H15ClFNO2. The molecule has 0 aliphatic carbocycles. The van der Waals surface area contributed by atoms with E-state index in [4.69, 9.17) is 16.3 Å². The van der Waals surface area contributed by atoms with Gasteiger partial charge in [-0.15, -0.1) is 0 Å². The first kappa shape index (κ1) is 15.3. The standard InChI is InChI=1S/C16H15ClFNO2/c1-10-3-8-14(17)15(9-10)21-11(2)16(20)19-13-6-4-12(18)5-7-13/h3-9,11H,1-2H3,(H,19,20)/t11-/m1/s1. The van der Waals surface area contributed by atoms with Gasteiger partial charge in [0.25, 0.3) is 5.91 Å². The molecule has 0 unspecified atom stereocenters. The van der Waals surface area contributed by atoms with Gasteiger partial charge < -0.3 is 10.1 Å². The maximum Gasteiger partial charge on any atom is 0.265 e. The predicted molar refractivity (Wildman–Crippen MR) is 81.3 cm³/mol. The first-order chi connectivity index (χ1) is 9.95. The zero-order valence-corrected chi connectivity index (χ0v) is 12.4. The van der Waals surface area contributed by atoms with E-state index in [1.165, 1.54) is 24.3 Å². The molecule has 2 rings (SSSR count). The Kier molecular flexibility index (Phi) is 4.81. The van der Waals surface area contributed by atoms with Crippen molar-refractivity contribution in [1.29, 1.82) is 0 Å². The number of carbonyl (C=O) groups is 1. The zero-order chi connectivity index (χ0) is 15.4. The molecule has 2 aromatic rings. The van der Waals surface area contributed by atoms with Gasteiger partial charge in [-0.25, -0.2) is 4.39 Å². The van der Waals surface area contributed by atoms with Gasteiger partial charge in [-0.1, -0.05) is 17.7 Å². The van der Waals surface area contributed by atoms with Crippen LogP contribution in [0.25, 0.3) is 0 Å². The second-order valence-corrected chi connectivity index (χ2v) is 5.10. The number of anilines is 1. The van der Waals surface area contributed by atoms with Crippen molar-refractivity contribution in [3.8, 4) is 5.75 Å². The van der Waals surface area contributed by atoms with Crippen molar-refractivity contribution in [1.82, 2.24) is 0 Å². The van der Waals surface area contributed by atoms with Crippen molar-refractivity contribution in [3.05, 3.63) is 58.9 Å². The molecule has 21 heavy (non-hydrogen) atoms. The highest BCUT2D eigenvalue weighted by Crippen LogP contribution is 2.26. The summed E-state index contributed by atoms with van der Waals surface area (Å²) in [4.78, 5) is 12.0. The molecule has 0 aliphatic rings. The minimum absolute atomic E-state index is 0.334. The number of rotatable bonds is 4. The summed E-state index contributed by atoms with van der Waals surface area (Å²) in [5, 5.41) is 3.10. The van der Waals surface area contributed by atoms with Crippen LogP contribution in [0.1, 0.15) is 12.5 Å². The molecule has 0 heterocycles. The Bertz CT molecular complexity index is 643. The Morgan fingerprint density at radius 2 is 1.90 bits per heavy atom. The van der Waals surface area contributed by atoms with E-state index in [1.807, 2.05) is 13.0 Å². The third-order valence-corrected chi connectivity index (χ3v) is 3.18. The van der Waals surface area contributed by atoms with E-state index in [0.29, 0.717) is 16.5 Å². The van der Waals surface area contributed by atoms with Crippen molar-refractivity contribution in [3.63, 3.8) is 0 Å². The largest absolute Gasteiger partial charge is 0.479 e. The molecule has 0 fully saturated rings. The van der Waals surface area contributed by atoms with Crippen molar-refractivity contribution in [2.24, 2.45) is 0 Å². The summed E-state index contributed by atoms with van der Waals surface area (Å²) in [5.41, 5.74) is 1.49. The van der Waals surface area contributed by atoms with Crippen molar-refractivity contribution in [2.75, 3.05) is 5.32 Å². The lowest BCUT2D eigenvalue weighted by molar-refractivity contribution is -0.122. The number of benzene rings is 2. The molecule has 1 atom stereocenters. The SMILES string of the molecule is Cc1ccc(Cl)c(O[C@H](C)C(=O)Nc2ccc(F)cc2)c1. The first-order valence-corrected chi connectivity index (χ1v) is 6.83. The second kappa shape index (κ2) is 6.59. The third kappa shape index (κ3) is 4.20. The summed E-state index contributed by atoms with van der Waals surface area (Å²) in [6.07, 6.45) is -0.727. The molecule has 5 heteroatoms. The lowest BCUT2D eigenvalue weighted by Crippen LogP contribution is -2.30. The molecule has 0 spiro atoms. The smallest absolute Gasteiger partial charge is 0.265 e. The van der Waals surface area contributed by atoms with Gasteiger partial charge in [-0.05, 0) is 55.8 Å². The van der Waals surface area contributed by atoms with Crippen molar-refractivity contribution >= 4 is 23.2 Å². The van der Waals surface area contributed by atoms with E-state index in [0.717, 1.165) is 5.56 Å². The van der Waals surface area contributed by atoms with Gasteiger partial charge in [0.15, 0.2) is 6.10 Å². The number of hydrogen-bond acceptors (Lipinski definition) is 2. The second-order valence-electron chi connectivity index (χ2n) is 4.69. The van der Waals surface area contributed by atoms with Crippen LogP contribution >= 0.6 is 11.6 Å². The van der Waals surface area contributed by atoms with E-state index in [9.17, 15) is 9.18 Å². The molecule has 0 radical (unpaired) electrons. The van der Waals surface area contributed by atoms with Crippen LogP contribution < -0.4 is 10.1 Å². The molecule has 1 amide bonds. The average Bonchev–Trinajstić information content (AvgIpc) is 2.45. The Morgan fingerprint density at radius 1 is 1.24 bits per heavy atom. The number of hydrogen-bond donors (Lipinski definition) is 1. The summed E-state index contributed by atoms with van der Waals surface area (Å²) in [6.45, 7) is 3.53. The molecule has 0 bridgehead atoms. The fourth-order valence-corrected chi connectivity index (χ4v) is 1.88. The van der Waals surface area contributed by atoms with Crippen LogP contribution in [-0.2, 0) is 4.79 Å². The molecule has 0 aliphatic heterocycles. The molecule has 1 N–H and O–H groups in total. The van der Waals surface area contributed by atoms with Crippen LogP contribution in [0.3, 0.4) is 0 Å². The quantitative estimate of drug-likeness (QED) is 0.919. The van der Waals surface area contributed by atoms with Crippen LogP contribution in [0.2, 0.25) is 5.02 Å². The molecule has 110 valence electrons. The molecule has 2 aromatic carbocycles. The molecule has 0 aromatic heterocycles. The van der Waals surface area contributed by atoms with Crippen LogP contribution in [0.4, 0.5) is 10.1 Å². The van der Waals surface area contributed by atoms with Gasteiger partial charge in [0.1, 0.15) is 11.6 Å². The van der Waals surface area contributed by atoms with Crippen molar-refractivity contribution < 1.29 is 13.9 Å². The zero-order valence-electron chi connectivity index (χ0n) is 11.7. The highest BCUT2D eigenvalue weighted by Gasteiger charge is 2.16. The Labute approximate surface area is 127 Å². The number of halogens is 2. The predicted octanol–water partition coefficient (Wildman–Crippen LogP) is 4.19. The van der Waals surface area contributed by atoms with Crippen LogP contribution in [0, 0.1) is 12.7 Å². The maximum absolute atomic E-state index is 12.8. The summed E-state index contributed by atoms with van der Waals surface area (Å²) < 4.78 is 18.4. The Hall–Kier alpha value is -2.07. The number of ether oxygens (including phenoxy) is 1. The number of nitrogens with one attached hydrogen (secondary N) is 1. The van der Waals surface area contributed by atoms with Crippen molar-refractivity contribution in [2.45, 2.75) is 20.0 Å². The minimum Gasteiger partial charge on any atom is -0.479 e. The van der Waals surface area contributed by atoms with Gasteiger partial charge in [0, 0.05) is 5.69 Å². The summed E-state index contributed by atoms with van der Waals surface area (Å²) in [6, 6.07) is 10.9. The fraction of sp³-hybridized carbons (Fsp3) is 0.188. The average molecular weight is 308 g/mol. The van der Waals surface area contributed by atoms with Crippen LogP contribution in [-0.4, -0.2) is 12.0 Å². The van der Waals surface area contributed by atoms with Gasteiger partial charge >= 0.3 is 0 Å².